The molecule has 1 aromatic carbocycles. The lowest BCUT2D eigenvalue weighted by molar-refractivity contribution is 0.143. The second kappa shape index (κ2) is 6.95. The van der Waals surface area contributed by atoms with E-state index in [0.29, 0.717) is 6.61 Å². The number of hydrogen-bond donors (Lipinski definition) is 2. The number of likely N-dealkylation sites (N-methyl/N-ethyl adjacent to an activating group) is 1. The molecule has 4 heteroatoms. The van der Waals surface area contributed by atoms with Gasteiger partial charge in [0, 0.05) is 12.0 Å². The summed E-state index contributed by atoms with van der Waals surface area (Å²) >= 11 is 0. The Bertz CT molecular complexity index is 418. The minimum Gasteiger partial charge on any atom is -0.490 e. The SMILES string of the molecule is CCCOc1ccccc1OC1CCC(CO)(NC)C1. The summed E-state index contributed by atoms with van der Waals surface area (Å²) in [5.41, 5.74) is -0.191. The molecule has 2 rings (SSSR count). The van der Waals surface area contributed by atoms with Gasteiger partial charge in [-0.2, -0.15) is 0 Å². The first kappa shape index (κ1) is 15.1. The lowest BCUT2D eigenvalue weighted by Crippen LogP contribution is -2.44. The van der Waals surface area contributed by atoms with Crippen LogP contribution in [0.3, 0.4) is 0 Å². The van der Waals surface area contributed by atoms with E-state index in [1.54, 1.807) is 0 Å². The number of para-hydroxylation sites is 2. The number of aliphatic hydroxyl groups is 1. The smallest absolute Gasteiger partial charge is 0.161 e. The number of nitrogens with one attached hydrogen (secondary N) is 1. The van der Waals surface area contributed by atoms with Crippen LogP contribution in [0.5, 0.6) is 11.5 Å². The van der Waals surface area contributed by atoms with E-state index in [9.17, 15) is 5.11 Å². The molecule has 0 bridgehead atoms. The van der Waals surface area contributed by atoms with E-state index in [2.05, 4.69) is 12.2 Å². The van der Waals surface area contributed by atoms with Crippen molar-refractivity contribution in [3.63, 3.8) is 0 Å². The van der Waals surface area contributed by atoms with E-state index in [1.807, 2.05) is 31.3 Å². The molecule has 1 aromatic rings. The quantitative estimate of drug-likeness (QED) is 0.804. The molecule has 0 radical (unpaired) electrons. The van der Waals surface area contributed by atoms with Gasteiger partial charge in [-0.05, 0) is 38.4 Å². The molecular formula is C16H25NO3. The highest BCUT2D eigenvalue weighted by Crippen LogP contribution is 2.35. The van der Waals surface area contributed by atoms with Crippen LogP contribution in [0, 0.1) is 0 Å². The highest BCUT2D eigenvalue weighted by molar-refractivity contribution is 5.39. The zero-order valence-electron chi connectivity index (χ0n) is 12.4. The summed E-state index contributed by atoms with van der Waals surface area (Å²) in [6.45, 7) is 2.93. The molecule has 0 heterocycles. The van der Waals surface area contributed by atoms with E-state index < -0.39 is 0 Å². The summed E-state index contributed by atoms with van der Waals surface area (Å²) in [5.74, 6) is 1.61. The molecular weight excluding hydrogens is 254 g/mol. The van der Waals surface area contributed by atoms with Crippen LogP contribution >= 0.6 is 0 Å². The van der Waals surface area contributed by atoms with Gasteiger partial charge in [0.2, 0.25) is 0 Å². The van der Waals surface area contributed by atoms with E-state index in [4.69, 9.17) is 9.47 Å². The van der Waals surface area contributed by atoms with Crippen molar-refractivity contribution in [3.05, 3.63) is 24.3 Å². The molecule has 1 saturated carbocycles. The lowest BCUT2D eigenvalue weighted by atomic mass is 9.99. The van der Waals surface area contributed by atoms with Crippen LogP contribution in [-0.2, 0) is 0 Å². The van der Waals surface area contributed by atoms with Crippen LogP contribution in [0.1, 0.15) is 32.6 Å². The van der Waals surface area contributed by atoms with E-state index >= 15 is 0 Å². The van der Waals surface area contributed by atoms with Gasteiger partial charge in [-0.15, -0.1) is 0 Å². The van der Waals surface area contributed by atoms with Gasteiger partial charge in [-0.3, -0.25) is 0 Å². The summed E-state index contributed by atoms with van der Waals surface area (Å²) in [7, 11) is 1.90. The number of aliphatic hydroxyl groups excluding tert-OH is 1. The Kier molecular flexibility index (Phi) is 5.26. The van der Waals surface area contributed by atoms with E-state index in [-0.39, 0.29) is 18.2 Å². The maximum atomic E-state index is 9.53. The van der Waals surface area contributed by atoms with Gasteiger partial charge in [0.05, 0.1) is 13.2 Å². The van der Waals surface area contributed by atoms with Crippen molar-refractivity contribution in [3.8, 4) is 11.5 Å². The topological polar surface area (TPSA) is 50.7 Å². The molecule has 112 valence electrons. The third-order valence-electron chi connectivity index (χ3n) is 4.00. The number of rotatable bonds is 7. The van der Waals surface area contributed by atoms with Crippen LogP contribution in [0.4, 0.5) is 0 Å². The molecule has 0 aliphatic heterocycles. The normalized spacial score (nSPS) is 25.6. The van der Waals surface area contributed by atoms with Crippen molar-refractivity contribution in [1.82, 2.24) is 5.32 Å². The molecule has 20 heavy (non-hydrogen) atoms. The van der Waals surface area contributed by atoms with Gasteiger partial charge in [0.1, 0.15) is 6.10 Å². The minimum atomic E-state index is -0.191. The third kappa shape index (κ3) is 3.44. The number of ether oxygens (including phenoxy) is 2. The fourth-order valence-corrected chi connectivity index (χ4v) is 2.69. The Hall–Kier alpha value is -1.26. The summed E-state index contributed by atoms with van der Waals surface area (Å²) < 4.78 is 11.8. The van der Waals surface area contributed by atoms with Gasteiger partial charge < -0.3 is 19.9 Å². The molecule has 0 spiro atoms. The number of hydrogen-bond acceptors (Lipinski definition) is 4. The summed E-state index contributed by atoms with van der Waals surface area (Å²) in [4.78, 5) is 0. The Morgan fingerprint density at radius 1 is 1.35 bits per heavy atom. The first-order chi connectivity index (χ1) is 9.73. The van der Waals surface area contributed by atoms with Crippen LogP contribution in [0.2, 0.25) is 0 Å². The Morgan fingerprint density at radius 3 is 2.70 bits per heavy atom. The van der Waals surface area contributed by atoms with Crippen molar-refractivity contribution in [2.45, 2.75) is 44.2 Å². The average Bonchev–Trinajstić information content (AvgIpc) is 2.90. The van der Waals surface area contributed by atoms with Gasteiger partial charge in [-0.1, -0.05) is 19.1 Å². The molecule has 1 aliphatic carbocycles. The fourth-order valence-electron chi connectivity index (χ4n) is 2.69. The molecule has 0 amide bonds. The molecule has 2 unspecified atom stereocenters. The molecule has 4 nitrogen and oxygen atoms in total. The molecule has 1 fully saturated rings. The first-order valence-corrected chi connectivity index (χ1v) is 7.41. The highest BCUT2D eigenvalue weighted by Gasteiger charge is 2.38. The monoisotopic (exact) mass is 279 g/mol. The molecule has 1 aliphatic rings. The summed E-state index contributed by atoms with van der Waals surface area (Å²) in [6.07, 6.45) is 3.81. The maximum absolute atomic E-state index is 9.53. The predicted octanol–water partition coefficient (Wildman–Crippen LogP) is 2.36. The minimum absolute atomic E-state index is 0.126. The van der Waals surface area contributed by atoms with Crippen molar-refractivity contribution < 1.29 is 14.6 Å². The van der Waals surface area contributed by atoms with Crippen LogP contribution in [-0.4, -0.2) is 37.0 Å². The van der Waals surface area contributed by atoms with Gasteiger partial charge in [-0.25, -0.2) is 0 Å². The molecule has 2 N–H and O–H groups in total. The predicted molar refractivity (Wildman–Crippen MR) is 79.4 cm³/mol. The standard InChI is InChI=1S/C16H25NO3/c1-3-10-19-14-6-4-5-7-15(14)20-13-8-9-16(11-13,12-18)17-2/h4-7,13,17-18H,3,8-12H2,1-2H3. The summed E-state index contributed by atoms with van der Waals surface area (Å²) in [5, 5.41) is 12.8. The van der Waals surface area contributed by atoms with Gasteiger partial charge >= 0.3 is 0 Å². The van der Waals surface area contributed by atoms with Crippen LogP contribution in [0.15, 0.2) is 24.3 Å². The zero-order chi connectivity index (χ0) is 14.4. The van der Waals surface area contributed by atoms with Gasteiger partial charge in [0.25, 0.3) is 0 Å². The molecule has 2 atom stereocenters. The number of benzene rings is 1. The van der Waals surface area contributed by atoms with Crippen LogP contribution < -0.4 is 14.8 Å². The second-order valence-electron chi connectivity index (χ2n) is 5.47. The second-order valence-corrected chi connectivity index (χ2v) is 5.47. The Balaban J connectivity index is 2.00. The highest BCUT2D eigenvalue weighted by atomic mass is 16.5. The van der Waals surface area contributed by atoms with Crippen molar-refractivity contribution in [1.29, 1.82) is 0 Å². The van der Waals surface area contributed by atoms with Gasteiger partial charge in [0.15, 0.2) is 11.5 Å². The van der Waals surface area contributed by atoms with Crippen molar-refractivity contribution >= 4 is 0 Å². The maximum Gasteiger partial charge on any atom is 0.161 e. The largest absolute Gasteiger partial charge is 0.490 e. The van der Waals surface area contributed by atoms with Crippen molar-refractivity contribution in [2.24, 2.45) is 0 Å². The van der Waals surface area contributed by atoms with E-state index in [1.165, 1.54) is 0 Å². The Morgan fingerprint density at radius 2 is 2.10 bits per heavy atom. The van der Waals surface area contributed by atoms with Crippen molar-refractivity contribution in [2.75, 3.05) is 20.3 Å². The molecule has 0 aromatic heterocycles. The molecule has 0 saturated heterocycles. The fraction of sp³-hybridized carbons (Fsp3) is 0.625. The average molecular weight is 279 g/mol. The summed E-state index contributed by atoms with van der Waals surface area (Å²) in [6, 6.07) is 7.80. The zero-order valence-corrected chi connectivity index (χ0v) is 12.4. The van der Waals surface area contributed by atoms with Crippen LogP contribution in [0.25, 0.3) is 0 Å². The first-order valence-electron chi connectivity index (χ1n) is 7.41. The third-order valence-corrected chi connectivity index (χ3v) is 4.00. The Labute approximate surface area is 121 Å². The lowest BCUT2D eigenvalue weighted by Gasteiger charge is -2.26. The van der Waals surface area contributed by atoms with E-state index in [0.717, 1.165) is 37.2 Å².